The highest BCUT2D eigenvalue weighted by Gasteiger charge is 2.21. The van der Waals surface area contributed by atoms with Crippen LogP contribution in [0.25, 0.3) is 0 Å². The van der Waals surface area contributed by atoms with Crippen molar-refractivity contribution in [1.82, 2.24) is 10.9 Å². The number of hydrogen-bond donors (Lipinski definition) is 3. The van der Waals surface area contributed by atoms with Gasteiger partial charge in [0.25, 0.3) is 0 Å². The fourth-order valence-electron chi connectivity index (χ4n) is 2.34. The second kappa shape index (κ2) is 5.04. The molecule has 0 aromatic heterocycles. The molecule has 17 heavy (non-hydrogen) atoms. The smallest absolute Gasteiger partial charge is 0.125 e. The molecule has 4 heteroatoms. The van der Waals surface area contributed by atoms with Crippen LogP contribution in [0, 0.1) is 20.8 Å². The summed E-state index contributed by atoms with van der Waals surface area (Å²) >= 11 is 0. The van der Waals surface area contributed by atoms with Crippen LogP contribution in [0.3, 0.4) is 0 Å². The van der Waals surface area contributed by atoms with Crippen LogP contribution in [0.15, 0.2) is 12.1 Å². The van der Waals surface area contributed by atoms with E-state index in [1.54, 1.807) is 0 Å². The number of nitrogens with two attached hydrogens (primary N) is 1. The lowest BCUT2D eigenvalue weighted by Gasteiger charge is -2.16. The highest BCUT2D eigenvalue weighted by Crippen LogP contribution is 2.24. The van der Waals surface area contributed by atoms with Crippen LogP contribution in [-0.2, 0) is 0 Å². The van der Waals surface area contributed by atoms with Gasteiger partial charge in [-0.05, 0) is 38.3 Å². The molecule has 1 aromatic rings. The second-order valence-corrected chi connectivity index (χ2v) is 4.87. The molecule has 1 heterocycles. The van der Waals surface area contributed by atoms with E-state index in [9.17, 15) is 0 Å². The first-order chi connectivity index (χ1) is 8.06. The van der Waals surface area contributed by atoms with Crippen LogP contribution in [0.5, 0.6) is 5.75 Å². The van der Waals surface area contributed by atoms with Gasteiger partial charge in [0.15, 0.2) is 0 Å². The van der Waals surface area contributed by atoms with Gasteiger partial charge in [0.2, 0.25) is 0 Å². The maximum absolute atomic E-state index is 5.90. The Morgan fingerprint density at radius 3 is 2.41 bits per heavy atom. The number of hydrazine groups is 1. The average Bonchev–Trinajstić information content (AvgIpc) is 2.62. The third-order valence-corrected chi connectivity index (χ3v) is 3.04. The lowest BCUT2D eigenvalue weighted by Crippen LogP contribution is -2.38. The number of hydrogen-bond acceptors (Lipinski definition) is 4. The molecule has 0 radical (unpaired) electrons. The lowest BCUT2D eigenvalue weighted by atomic mass is 10.1. The van der Waals surface area contributed by atoms with E-state index in [1.807, 2.05) is 0 Å². The van der Waals surface area contributed by atoms with Gasteiger partial charge in [-0.1, -0.05) is 17.7 Å². The van der Waals surface area contributed by atoms with Crippen molar-refractivity contribution < 1.29 is 4.74 Å². The van der Waals surface area contributed by atoms with Crippen molar-refractivity contribution in [3.05, 3.63) is 28.8 Å². The van der Waals surface area contributed by atoms with E-state index >= 15 is 0 Å². The number of ether oxygens (including phenoxy) is 1. The summed E-state index contributed by atoms with van der Waals surface area (Å²) in [6.45, 7) is 6.92. The first-order valence-electron chi connectivity index (χ1n) is 6.03. The van der Waals surface area contributed by atoms with Crippen molar-refractivity contribution >= 4 is 0 Å². The van der Waals surface area contributed by atoms with Gasteiger partial charge in [0, 0.05) is 0 Å². The van der Waals surface area contributed by atoms with Crippen LogP contribution in [0.2, 0.25) is 0 Å². The van der Waals surface area contributed by atoms with Gasteiger partial charge >= 0.3 is 0 Å². The van der Waals surface area contributed by atoms with Crippen LogP contribution in [-0.4, -0.2) is 18.8 Å². The Kier molecular flexibility index (Phi) is 3.66. The van der Waals surface area contributed by atoms with Gasteiger partial charge in [-0.3, -0.25) is 0 Å². The predicted molar refractivity (Wildman–Crippen MR) is 68.8 cm³/mol. The second-order valence-electron chi connectivity index (χ2n) is 4.87. The molecular weight excluding hydrogens is 214 g/mol. The number of benzene rings is 1. The summed E-state index contributed by atoms with van der Waals surface area (Å²) in [4.78, 5) is 0. The van der Waals surface area contributed by atoms with E-state index in [-0.39, 0.29) is 12.2 Å². The first-order valence-corrected chi connectivity index (χ1v) is 6.03. The predicted octanol–water partition coefficient (Wildman–Crippen LogP) is 1.14. The van der Waals surface area contributed by atoms with Crippen molar-refractivity contribution in [3.8, 4) is 5.75 Å². The molecule has 1 aromatic carbocycles. The van der Waals surface area contributed by atoms with E-state index in [4.69, 9.17) is 10.5 Å². The van der Waals surface area contributed by atoms with Crippen molar-refractivity contribution in [2.24, 2.45) is 5.73 Å². The van der Waals surface area contributed by atoms with Gasteiger partial charge < -0.3 is 10.5 Å². The lowest BCUT2D eigenvalue weighted by molar-refractivity contribution is 0.269. The zero-order chi connectivity index (χ0) is 12.4. The normalized spacial score (nSPS) is 24.0. The topological polar surface area (TPSA) is 59.3 Å². The molecule has 0 spiro atoms. The Morgan fingerprint density at radius 2 is 1.88 bits per heavy atom. The minimum atomic E-state index is 0.0313. The van der Waals surface area contributed by atoms with Gasteiger partial charge in [0.05, 0.1) is 12.2 Å². The largest absolute Gasteiger partial charge is 0.491 e. The van der Waals surface area contributed by atoms with Crippen LogP contribution in [0.4, 0.5) is 0 Å². The molecule has 0 amide bonds. The summed E-state index contributed by atoms with van der Waals surface area (Å²) in [6.07, 6.45) is 0.924. The number of nitrogens with one attached hydrogen (secondary N) is 2. The molecule has 2 atom stereocenters. The average molecular weight is 235 g/mol. The third kappa shape index (κ3) is 2.97. The maximum Gasteiger partial charge on any atom is 0.125 e. The quantitative estimate of drug-likeness (QED) is 0.735. The van der Waals surface area contributed by atoms with Crippen molar-refractivity contribution in [2.45, 2.75) is 39.4 Å². The van der Waals surface area contributed by atoms with Crippen molar-refractivity contribution in [1.29, 1.82) is 0 Å². The molecule has 2 rings (SSSR count). The Morgan fingerprint density at radius 1 is 1.24 bits per heavy atom. The molecule has 4 N–H and O–H groups in total. The highest BCUT2D eigenvalue weighted by atomic mass is 16.5. The van der Waals surface area contributed by atoms with Crippen molar-refractivity contribution in [2.75, 3.05) is 6.61 Å². The Balaban J connectivity index is 1.99. The minimum absolute atomic E-state index is 0.0313. The molecule has 0 saturated carbocycles. The van der Waals surface area contributed by atoms with Crippen LogP contribution >= 0.6 is 0 Å². The molecule has 1 fully saturated rings. The summed E-state index contributed by atoms with van der Waals surface area (Å²) in [5.74, 6) is 0.998. The molecule has 1 aliphatic heterocycles. The minimum Gasteiger partial charge on any atom is -0.491 e. The molecule has 1 saturated heterocycles. The van der Waals surface area contributed by atoms with E-state index in [0.717, 1.165) is 12.2 Å². The number of rotatable bonds is 3. The van der Waals surface area contributed by atoms with Crippen molar-refractivity contribution in [3.63, 3.8) is 0 Å². The third-order valence-electron chi connectivity index (χ3n) is 3.04. The Bertz CT molecular complexity index is 383. The summed E-state index contributed by atoms with van der Waals surface area (Å²) in [6, 6.07) is 4.58. The summed E-state index contributed by atoms with van der Waals surface area (Å²) < 4.78 is 5.90. The SMILES string of the molecule is Cc1cc(C)c(OCC2CC(N)NN2)c(C)c1. The Hall–Kier alpha value is -1.10. The standard InChI is InChI=1S/C13H21N3O/c1-8-4-9(2)13(10(3)5-8)17-7-11-6-12(14)16-15-11/h4-5,11-12,15-16H,6-7,14H2,1-3H3. The molecule has 0 bridgehead atoms. The zero-order valence-electron chi connectivity index (χ0n) is 10.7. The molecule has 0 aliphatic carbocycles. The summed E-state index contributed by atoms with van der Waals surface area (Å²) in [5, 5.41) is 0. The molecule has 4 nitrogen and oxygen atoms in total. The summed E-state index contributed by atoms with van der Waals surface area (Å²) in [7, 11) is 0. The fourth-order valence-corrected chi connectivity index (χ4v) is 2.34. The summed E-state index contributed by atoms with van der Waals surface area (Å²) in [5.41, 5.74) is 15.5. The highest BCUT2D eigenvalue weighted by molar-refractivity contribution is 5.42. The molecular formula is C13H21N3O. The maximum atomic E-state index is 5.90. The van der Waals surface area contributed by atoms with Gasteiger partial charge in [-0.2, -0.15) is 0 Å². The molecule has 1 aliphatic rings. The first kappa shape index (κ1) is 12.4. The van der Waals surface area contributed by atoms with E-state index in [2.05, 4.69) is 43.8 Å². The van der Waals surface area contributed by atoms with Crippen LogP contribution in [0.1, 0.15) is 23.1 Å². The molecule has 2 unspecified atom stereocenters. The van der Waals surface area contributed by atoms with E-state index in [1.165, 1.54) is 16.7 Å². The Labute approximate surface area is 103 Å². The molecule has 94 valence electrons. The van der Waals surface area contributed by atoms with Gasteiger partial charge in [-0.25, -0.2) is 10.9 Å². The zero-order valence-corrected chi connectivity index (χ0v) is 10.7. The van der Waals surface area contributed by atoms with Gasteiger partial charge in [-0.15, -0.1) is 0 Å². The monoisotopic (exact) mass is 235 g/mol. The fraction of sp³-hybridized carbons (Fsp3) is 0.538. The van der Waals surface area contributed by atoms with Crippen LogP contribution < -0.4 is 21.3 Å². The number of aryl methyl sites for hydroxylation is 3. The van der Waals surface area contributed by atoms with Gasteiger partial charge in [0.1, 0.15) is 12.4 Å². The van der Waals surface area contributed by atoms with E-state index in [0.29, 0.717) is 6.61 Å². The van der Waals surface area contributed by atoms with E-state index < -0.39 is 0 Å².